The second kappa shape index (κ2) is 6.66. The van der Waals surface area contributed by atoms with E-state index in [4.69, 9.17) is 4.42 Å². The van der Waals surface area contributed by atoms with Gasteiger partial charge in [-0.1, -0.05) is 6.07 Å². The Hall–Kier alpha value is -1.60. The standard InChI is InChI=1S/C15H15BrN2O3S/c16-13-4-3-12(21-13)15(20)18-7-5-17(6-8-18)14(19)10-11-2-1-9-22-11/h1-4,9H,5-8,10H2. The molecule has 0 saturated carbocycles. The summed E-state index contributed by atoms with van der Waals surface area (Å²) in [5.41, 5.74) is 0. The van der Waals surface area contributed by atoms with E-state index in [-0.39, 0.29) is 11.8 Å². The average Bonchev–Trinajstić information content (AvgIpc) is 3.18. The number of thiophene rings is 1. The Morgan fingerprint density at radius 1 is 1.14 bits per heavy atom. The highest BCUT2D eigenvalue weighted by Crippen LogP contribution is 2.17. The summed E-state index contributed by atoms with van der Waals surface area (Å²) in [5, 5.41) is 1.97. The number of furan rings is 1. The lowest BCUT2D eigenvalue weighted by atomic mass is 10.2. The highest BCUT2D eigenvalue weighted by molar-refractivity contribution is 9.10. The number of hydrogen-bond donors (Lipinski definition) is 0. The Bertz CT molecular complexity index is 660. The Morgan fingerprint density at radius 2 is 1.86 bits per heavy atom. The van der Waals surface area contributed by atoms with Gasteiger partial charge in [-0.2, -0.15) is 0 Å². The molecule has 0 aliphatic carbocycles. The van der Waals surface area contributed by atoms with E-state index >= 15 is 0 Å². The molecule has 3 rings (SSSR count). The zero-order valence-electron chi connectivity index (χ0n) is 11.8. The van der Waals surface area contributed by atoms with Crippen molar-refractivity contribution in [2.75, 3.05) is 26.2 Å². The maximum absolute atomic E-state index is 12.3. The van der Waals surface area contributed by atoms with Crippen molar-refractivity contribution >= 4 is 39.1 Å². The number of nitrogens with zero attached hydrogens (tertiary/aromatic N) is 2. The van der Waals surface area contributed by atoms with Crippen molar-refractivity contribution in [1.82, 2.24) is 9.80 Å². The van der Waals surface area contributed by atoms with Crippen LogP contribution in [0.2, 0.25) is 0 Å². The zero-order chi connectivity index (χ0) is 15.5. The third-order valence-electron chi connectivity index (χ3n) is 3.61. The van der Waals surface area contributed by atoms with Crippen LogP contribution in [0.1, 0.15) is 15.4 Å². The molecule has 1 aliphatic rings. The van der Waals surface area contributed by atoms with Crippen molar-refractivity contribution in [1.29, 1.82) is 0 Å². The molecule has 116 valence electrons. The minimum absolute atomic E-state index is 0.121. The van der Waals surface area contributed by atoms with Gasteiger partial charge in [-0.15, -0.1) is 11.3 Å². The summed E-state index contributed by atoms with van der Waals surface area (Å²) in [7, 11) is 0. The van der Waals surface area contributed by atoms with Gasteiger partial charge in [0, 0.05) is 31.1 Å². The lowest BCUT2D eigenvalue weighted by Gasteiger charge is -2.34. The molecule has 2 aromatic heterocycles. The molecule has 1 aliphatic heterocycles. The predicted octanol–water partition coefficient (Wildman–Crippen LogP) is 2.63. The molecule has 22 heavy (non-hydrogen) atoms. The highest BCUT2D eigenvalue weighted by Gasteiger charge is 2.26. The SMILES string of the molecule is O=C(Cc1cccs1)N1CCN(C(=O)c2ccc(Br)o2)CC1. The van der Waals surface area contributed by atoms with Crippen LogP contribution in [0.4, 0.5) is 0 Å². The van der Waals surface area contributed by atoms with Gasteiger partial charge >= 0.3 is 0 Å². The molecule has 0 radical (unpaired) electrons. The first-order valence-electron chi connectivity index (χ1n) is 6.98. The maximum Gasteiger partial charge on any atom is 0.289 e. The molecule has 1 fully saturated rings. The fourth-order valence-corrected chi connectivity index (χ4v) is 3.42. The molecular formula is C15H15BrN2O3S. The fraction of sp³-hybridized carbons (Fsp3) is 0.333. The maximum atomic E-state index is 12.3. The van der Waals surface area contributed by atoms with Crippen LogP contribution in [0.15, 0.2) is 38.7 Å². The summed E-state index contributed by atoms with van der Waals surface area (Å²) >= 11 is 4.78. The van der Waals surface area contributed by atoms with Crippen LogP contribution >= 0.6 is 27.3 Å². The van der Waals surface area contributed by atoms with Gasteiger partial charge < -0.3 is 14.2 Å². The number of rotatable bonds is 3. The van der Waals surface area contributed by atoms with Crippen LogP contribution < -0.4 is 0 Å². The predicted molar refractivity (Wildman–Crippen MR) is 86.9 cm³/mol. The molecule has 0 N–H and O–H groups in total. The van der Waals surface area contributed by atoms with Crippen molar-refractivity contribution in [3.05, 3.63) is 45.0 Å². The molecule has 0 aromatic carbocycles. The molecule has 0 bridgehead atoms. The van der Waals surface area contributed by atoms with E-state index in [0.29, 0.717) is 43.0 Å². The van der Waals surface area contributed by atoms with E-state index < -0.39 is 0 Å². The number of halogens is 1. The molecule has 0 spiro atoms. The monoisotopic (exact) mass is 382 g/mol. The minimum Gasteiger partial charge on any atom is -0.444 e. The Balaban J connectivity index is 1.54. The van der Waals surface area contributed by atoms with E-state index in [9.17, 15) is 9.59 Å². The quantitative estimate of drug-likeness (QED) is 0.819. The summed E-state index contributed by atoms with van der Waals surface area (Å²) in [6.07, 6.45) is 0.441. The smallest absolute Gasteiger partial charge is 0.289 e. The lowest BCUT2D eigenvalue weighted by Crippen LogP contribution is -2.50. The molecule has 2 amide bonds. The third-order valence-corrected chi connectivity index (χ3v) is 4.91. The van der Waals surface area contributed by atoms with Crippen LogP contribution in [0.3, 0.4) is 0 Å². The summed E-state index contributed by atoms with van der Waals surface area (Å²) in [6, 6.07) is 7.28. The van der Waals surface area contributed by atoms with E-state index in [1.54, 1.807) is 28.4 Å². The zero-order valence-corrected chi connectivity index (χ0v) is 14.2. The topological polar surface area (TPSA) is 53.8 Å². The van der Waals surface area contributed by atoms with Crippen LogP contribution in [0.25, 0.3) is 0 Å². The van der Waals surface area contributed by atoms with E-state index in [1.165, 1.54) is 0 Å². The van der Waals surface area contributed by atoms with Crippen LogP contribution in [0.5, 0.6) is 0 Å². The largest absolute Gasteiger partial charge is 0.444 e. The first kappa shape index (κ1) is 15.3. The summed E-state index contributed by atoms with van der Waals surface area (Å²) in [6.45, 7) is 2.20. The first-order chi connectivity index (χ1) is 10.6. The number of carbonyl (C=O) groups is 2. The first-order valence-corrected chi connectivity index (χ1v) is 8.65. The van der Waals surface area contributed by atoms with Gasteiger partial charge in [-0.05, 0) is 39.5 Å². The summed E-state index contributed by atoms with van der Waals surface area (Å²) < 4.78 is 5.83. The number of carbonyl (C=O) groups excluding carboxylic acids is 2. The third kappa shape index (κ3) is 3.41. The Morgan fingerprint density at radius 3 is 2.45 bits per heavy atom. The summed E-state index contributed by atoms with van der Waals surface area (Å²) in [4.78, 5) is 29.1. The van der Waals surface area contributed by atoms with Gasteiger partial charge in [-0.3, -0.25) is 9.59 Å². The van der Waals surface area contributed by atoms with Crippen LogP contribution in [-0.4, -0.2) is 47.8 Å². The van der Waals surface area contributed by atoms with Crippen molar-refractivity contribution in [2.24, 2.45) is 0 Å². The van der Waals surface area contributed by atoms with Crippen molar-refractivity contribution < 1.29 is 14.0 Å². The second-order valence-corrected chi connectivity index (χ2v) is 6.85. The van der Waals surface area contributed by atoms with Crippen LogP contribution in [-0.2, 0) is 11.2 Å². The Labute approximate surface area is 140 Å². The number of hydrogen-bond acceptors (Lipinski definition) is 4. The Kier molecular flexibility index (Phi) is 4.63. The van der Waals surface area contributed by atoms with Crippen molar-refractivity contribution in [3.63, 3.8) is 0 Å². The highest BCUT2D eigenvalue weighted by atomic mass is 79.9. The van der Waals surface area contributed by atoms with Gasteiger partial charge in [0.2, 0.25) is 5.91 Å². The van der Waals surface area contributed by atoms with Crippen molar-refractivity contribution in [2.45, 2.75) is 6.42 Å². The van der Waals surface area contributed by atoms with Crippen LogP contribution in [0, 0.1) is 0 Å². The lowest BCUT2D eigenvalue weighted by molar-refractivity contribution is -0.131. The molecule has 2 aromatic rings. The van der Waals surface area contributed by atoms with E-state index in [1.807, 2.05) is 22.4 Å². The van der Waals surface area contributed by atoms with E-state index in [2.05, 4.69) is 15.9 Å². The van der Waals surface area contributed by atoms with Gasteiger partial charge in [0.25, 0.3) is 5.91 Å². The van der Waals surface area contributed by atoms with Gasteiger partial charge in [0.05, 0.1) is 6.42 Å². The molecule has 7 heteroatoms. The van der Waals surface area contributed by atoms with Gasteiger partial charge in [0.1, 0.15) is 0 Å². The van der Waals surface area contributed by atoms with Crippen molar-refractivity contribution in [3.8, 4) is 0 Å². The number of piperazine rings is 1. The summed E-state index contributed by atoms with van der Waals surface area (Å²) in [5.74, 6) is 0.316. The molecule has 3 heterocycles. The minimum atomic E-state index is -0.129. The van der Waals surface area contributed by atoms with Gasteiger partial charge in [0.15, 0.2) is 10.4 Å². The van der Waals surface area contributed by atoms with Gasteiger partial charge in [-0.25, -0.2) is 0 Å². The fourth-order valence-electron chi connectivity index (χ4n) is 2.42. The molecule has 1 saturated heterocycles. The number of amides is 2. The van der Waals surface area contributed by atoms with E-state index in [0.717, 1.165) is 4.88 Å². The second-order valence-electron chi connectivity index (χ2n) is 5.03. The molecule has 0 atom stereocenters. The molecule has 5 nitrogen and oxygen atoms in total. The molecule has 0 unspecified atom stereocenters. The average molecular weight is 383 g/mol. The normalized spacial score (nSPS) is 15.1. The molecular weight excluding hydrogens is 368 g/mol.